The van der Waals surface area contributed by atoms with Gasteiger partial charge >= 0.3 is 6.18 Å². The minimum atomic E-state index is -4.41. The summed E-state index contributed by atoms with van der Waals surface area (Å²) in [7, 11) is 0. The van der Waals surface area contributed by atoms with Crippen LogP contribution in [0.3, 0.4) is 0 Å². The van der Waals surface area contributed by atoms with E-state index < -0.39 is 11.7 Å². The Balaban J connectivity index is 2.21. The first-order valence-corrected chi connectivity index (χ1v) is 6.55. The van der Waals surface area contributed by atoms with Crippen LogP contribution in [0.25, 0.3) is 0 Å². The van der Waals surface area contributed by atoms with Crippen molar-refractivity contribution in [3.05, 3.63) is 41.6 Å². The number of anilines is 1. The first-order valence-electron chi connectivity index (χ1n) is 6.55. The van der Waals surface area contributed by atoms with Crippen LogP contribution >= 0.6 is 0 Å². The molecular formula is C15H16F3NO. The third-order valence-electron chi connectivity index (χ3n) is 3.48. The van der Waals surface area contributed by atoms with Crippen LogP contribution < -0.4 is 5.32 Å². The lowest BCUT2D eigenvalue weighted by molar-refractivity contribution is -0.136. The van der Waals surface area contributed by atoms with Crippen LogP contribution in [0.4, 0.5) is 18.9 Å². The van der Waals surface area contributed by atoms with E-state index in [4.69, 9.17) is 0 Å². The average molecular weight is 283 g/mol. The van der Waals surface area contributed by atoms with Crippen LogP contribution in [-0.4, -0.2) is 5.78 Å². The molecule has 0 aliphatic heterocycles. The van der Waals surface area contributed by atoms with E-state index in [2.05, 4.69) is 5.32 Å². The highest BCUT2D eigenvalue weighted by atomic mass is 19.4. The summed E-state index contributed by atoms with van der Waals surface area (Å²) in [6, 6.07) is 5.25. The number of carbonyl (C=O) groups is 1. The highest BCUT2D eigenvalue weighted by molar-refractivity contribution is 5.97. The molecule has 1 aromatic carbocycles. The molecule has 1 atom stereocenters. The monoisotopic (exact) mass is 283 g/mol. The zero-order valence-electron chi connectivity index (χ0n) is 11.1. The van der Waals surface area contributed by atoms with Gasteiger partial charge in [-0.05, 0) is 31.4 Å². The van der Waals surface area contributed by atoms with Crippen LogP contribution in [0.15, 0.2) is 36.0 Å². The number of Topliss-reactive ketones (excluding diaryl/α,β-unsaturated/α-hetero) is 1. The van der Waals surface area contributed by atoms with Crippen LogP contribution in [-0.2, 0) is 11.0 Å². The molecule has 20 heavy (non-hydrogen) atoms. The second-order valence-electron chi connectivity index (χ2n) is 5.01. The molecule has 2 nitrogen and oxygen atoms in total. The van der Waals surface area contributed by atoms with Gasteiger partial charge in [0.2, 0.25) is 0 Å². The van der Waals surface area contributed by atoms with Crippen molar-refractivity contribution in [2.45, 2.75) is 32.4 Å². The molecule has 0 unspecified atom stereocenters. The van der Waals surface area contributed by atoms with Gasteiger partial charge in [-0.3, -0.25) is 4.79 Å². The second-order valence-corrected chi connectivity index (χ2v) is 5.01. The first kappa shape index (κ1) is 14.6. The summed E-state index contributed by atoms with van der Waals surface area (Å²) in [6.07, 6.45) is -0.643. The van der Waals surface area contributed by atoms with Gasteiger partial charge in [0, 0.05) is 17.7 Å². The standard InChI is InChI=1S/C15H16F3NO/c1-10-5-4-6-11(14(10)20)9-19-13-8-3-2-7-12(13)15(16,17)18/h2-3,7-10,19H,4-6H2,1H3/b11-9-/t10-/m1/s1. The minimum absolute atomic E-state index is 0.0215. The zero-order chi connectivity index (χ0) is 14.8. The Morgan fingerprint density at radius 3 is 2.70 bits per heavy atom. The van der Waals surface area contributed by atoms with Gasteiger partial charge in [0.15, 0.2) is 5.78 Å². The van der Waals surface area contributed by atoms with E-state index in [-0.39, 0.29) is 17.4 Å². The predicted molar refractivity (Wildman–Crippen MR) is 71.2 cm³/mol. The molecule has 0 aromatic heterocycles. The molecule has 0 spiro atoms. The van der Waals surface area contributed by atoms with Crippen LogP contribution in [0, 0.1) is 5.92 Å². The van der Waals surface area contributed by atoms with E-state index in [1.165, 1.54) is 24.4 Å². The molecule has 2 rings (SSSR count). The Bertz CT molecular complexity index is 534. The van der Waals surface area contributed by atoms with E-state index in [0.29, 0.717) is 12.0 Å². The fraction of sp³-hybridized carbons (Fsp3) is 0.400. The van der Waals surface area contributed by atoms with Gasteiger partial charge in [-0.1, -0.05) is 19.1 Å². The lowest BCUT2D eigenvalue weighted by Gasteiger charge is -2.19. The van der Waals surface area contributed by atoms with Crippen molar-refractivity contribution in [2.24, 2.45) is 5.92 Å². The Morgan fingerprint density at radius 2 is 2.00 bits per heavy atom. The summed E-state index contributed by atoms with van der Waals surface area (Å²) in [6.45, 7) is 1.85. The molecule has 0 radical (unpaired) electrons. The predicted octanol–water partition coefficient (Wildman–Crippen LogP) is 4.39. The smallest absolute Gasteiger partial charge is 0.361 e. The van der Waals surface area contributed by atoms with Gasteiger partial charge in [-0.2, -0.15) is 13.2 Å². The van der Waals surface area contributed by atoms with Gasteiger partial charge in [-0.15, -0.1) is 0 Å². The Labute approximate surface area is 115 Å². The third kappa shape index (κ3) is 3.21. The molecule has 1 aromatic rings. The number of hydrogen-bond acceptors (Lipinski definition) is 2. The quantitative estimate of drug-likeness (QED) is 0.815. The molecule has 0 amide bonds. The van der Waals surface area contributed by atoms with Crippen LogP contribution in [0.1, 0.15) is 31.7 Å². The number of rotatable bonds is 2. The third-order valence-corrected chi connectivity index (χ3v) is 3.48. The van der Waals surface area contributed by atoms with E-state index in [0.717, 1.165) is 18.9 Å². The maximum absolute atomic E-state index is 12.8. The Kier molecular flexibility index (Phi) is 4.16. The number of benzene rings is 1. The average Bonchev–Trinajstić information content (AvgIpc) is 2.40. The lowest BCUT2D eigenvalue weighted by atomic mass is 9.86. The lowest BCUT2D eigenvalue weighted by Crippen LogP contribution is -2.19. The topological polar surface area (TPSA) is 29.1 Å². The van der Waals surface area contributed by atoms with Gasteiger partial charge < -0.3 is 5.32 Å². The largest absolute Gasteiger partial charge is 0.418 e. The maximum atomic E-state index is 12.8. The molecule has 5 heteroatoms. The molecule has 0 bridgehead atoms. The Morgan fingerprint density at radius 1 is 1.30 bits per heavy atom. The molecule has 1 aliphatic rings. The van der Waals surface area contributed by atoms with Crippen molar-refractivity contribution in [3.8, 4) is 0 Å². The SMILES string of the molecule is C[C@@H]1CCC/C(=C/Nc2ccccc2C(F)(F)F)C1=O. The Hall–Kier alpha value is -1.78. The summed E-state index contributed by atoms with van der Waals surface area (Å²) in [4.78, 5) is 11.9. The van der Waals surface area contributed by atoms with E-state index in [9.17, 15) is 18.0 Å². The molecule has 0 saturated heterocycles. The van der Waals surface area contributed by atoms with Crippen LogP contribution in [0.5, 0.6) is 0 Å². The molecular weight excluding hydrogens is 267 g/mol. The first-order chi connectivity index (χ1) is 9.39. The summed E-state index contributed by atoms with van der Waals surface area (Å²) < 4.78 is 38.5. The van der Waals surface area contributed by atoms with Crippen molar-refractivity contribution in [1.29, 1.82) is 0 Å². The highest BCUT2D eigenvalue weighted by Crippen LogP contribution is 2.35. The normalized spacial score (nSPS) is 22.1. The van der Waals surface area contributed by atoms with Crippen molar-refractivity contribution < 1.29 is 18.0 Å². The molecule has 0 heterocycles. The van der Waals surface area contributed by atoms with Crippen LogP contribution in [0.2, 0.25) is 0 Å². The van der Waals surface area contributed by atoms with E-state index in [1.807, 2.05) is 6.92 Å². The maximum Gasteiger partial charge on any atom is 0.418 e. The summed E-state index contributed by atoms with van der Waals surface area (Å²) in [5.74, 6) is -0.0251. The fourth-order valence-electron chi connectivity index (χ4n) is 2.33. The fourth-order valence-corrected chi connectivity index (χ4v) is 2.33. The van der Waals surface area contributed by atoms with Gasteiger partial charge in [0.05, 0.1) is 11.3 Å². The molecule has 1 N–H and O–H groups in total. The van der Waals surface area contributed by atoms with Crippen molar-refractivity contribution in [3.63, 3.8) is 0 Å². The second kappa shape index (κ2) is 5.69. The molecule has 1 fully saturated rings. The highest BCUT2D eigenvalue weighted by Gasteiger charge is 2.33. The number of allylic oxidation sites excluding steroid dienone is 1. The molecule has 1 aliphatic carbocycles. The number of nitrogens with one attached hydrogen (secondary N) is 1. The minimum Gasteiger partial charge on any atom is -0.361 e. The number of para-hydroxylation sites is 1. The van der Waals surface area contributed by atoms with Gasteiger partial charge in [0.25, 0.3) is 0 Å². The van der Waals surface area contributed by atoms with Crippen molar-refractivity contribution >= 4 is 11.5 Å². The molecule has 108 valence electrons. The number of ketones is 1. The van der Waals surface area contributed by atoms with Crippen molar-refractivity contribution in [1.82, 2.24) is 0 Å². The number of halogens is 3. The summed E-state index contributed by atoms with van der Waals surface area (Å²) >= 11 is 0. The number of carbonyl (C=O) groups excluding carboxylic acids is 1. The zero-order valence-corrected chi connectivity index (χ0v) is 11.1. The number of hydrogen-bond donors (Lipinski definition) is 1. The summed E-state index contributed by atoms with van der Waals surface area (Å²) in [5, 5.41) is 2.64. The van der Waals surface area contributed by atoms with E-state index in [1.54, 1.807) is 0 Å². The summed E-state index contributed by atoms with van der Waals surface area (Å²) in [5.41, 5.74) is -0.188. The van der Waals surface area contributed by atoms with E-state index >= 15 is 0 Å². The molecule has 1 saturated carbocycles. The van der Waals surface area contributed by atoms with Crippen molar-refractivity contribution in [2.75, 3.05) is 5.32 Å². The van der Waals surface area contributed by atoms with Gasteiger partial charge in [-0.25, -0.2) is 0 Å². The van der Waals surface area contributed by atoms with Gasteiger partial charge in [0.1, 0.15) is 0 Å². The number of alkyl halides is 3.